The lowest BCUT2D eigenvalue weighted by atomic mass is 9.84. The fourth-order valence-corrected chi connectivity index (χ4v) is 2.16. The lowest BCUT2D eigenvalue weighted by Crippen LogP contribution is -2.27. The molecular weight excluding hydrogens is 238 g/mol. The van der Waals surface area contributed by atoms with Gasteiger partial charge in [0.1, 0.15) is 0 Å². The fourth-order valence-electron chi connectivity index (χ4n) is 2.16. The first-order valence-corrected chi connectivity index (χ1v) is 6.27. The molecule has 0 amide bonds. The number of benzene rings is 2. The lowest BCUT2D eigenvalue weighted by Gasteiger charge is -2.20. The molecule has 2 aromatic rings. The molecule has 3 heteroatoms. The highest BCUT2D eigenvalue weighted by molar-refractivity contribution is 5.63. The lowest BCUT2D eigenvalue weighted by molar-refractivity contribution is -0.489. The average Bonchev–Trinajstić information content (AvgIpc) is 2.38. The van der Waals surface area contributed by atoms with E-state index in [1.54, 1.807) is 0 Å². The predicted octanol–water partition coefficient (Wildman–Crippen LogP) is 3.91. The largest absolute Gasteiger partial charge is 0.265 e. The van der Waals surface area contributed by atoms with Crippen molar-refractivity contribution in [2.75, 3.05) is 6.54 Å². The Kier molecular flexibility index (Phi) is 3.65. The molecule has 0 heterocycles. The number of nitrogens with zero attached hydrogens (tertiary/aromatic N) is 1. The summed E-state index contributed by atoms with van der Waals surface area (Å²) in [6, 6.07) is 18.1. The van der Waals surface area contributed by atoms with Crippen LogP contribution >= 0.6 is 0 Å². The molecule has 0 bridgehead atoms. The molecule has 0 radical (unpaired) electrons. The predicted molar refractivity (Wildman–Crippen MR) is 76.8 cm³/mol. The second kappa shape index (κ2) is 5.22. The van der Waals surface area contributed by atoms with Crippen molar-refractivity contribution in [3.63, 3.8) is 0 Å². The molecule has 0 saturated heterocycles. The first-order chi connectivity index (χ1) is 8.99. The molecule has 0 aliphatic carbocycles. The minimum atomic E-state index is -0.446. The third-order valence-corrected chi connectivity index (χ3v) is 3.30. The van der Waals surface area contributed by atoms with Gasteiger partial charge in [-0.15, -0.1) is 0 Å². The zero-order valence-electron chi connectivity index (χ0n) is 11.2. The topological polar surface area (TPSA) is 43.1 Å². The van der Waals surface area contributed by atoms with Crippen LogP contribution in [0.3, 0.4) is 0 Å². The Morgan fingerprint density at radius 3 is 2.00 bits per heavy atom. The van der Waals surface area contributed by atoms with Gasteiger partial charge in [-0.05, 0) is 30.5 Å². The van der Waals surface area contributed by atoms with E-state index in [1.165, 1.54) is 0 Å². The fraction of sp³-hybridized carbons (Fsp3) is 0.250. The summed E-state index contributed by atoms with van der Waals surface area (Å²) in [5, 5.41) is 10.7. The minimum absolute atomic E-state index is 0.0579. The molecule has 0 fully saturated rings. The van der Waals surface area contributed by atoms with E-state index in [9.17, 15) is 10.1 Å². The molecule has 0 N–H and O–H groups in total. The van der Waals surface area contributed by atoms with E-state index in [1.807, 2.05) is 56.3 Å². The molecular formula is C16H17NO2. The van der Waals surface area contributed by atoms with Crippen LogP contribution in [0, 0.1) is 10.1 Å². The molecule has 19 heavy (non-hydrogen) atoms. The maximum Gasteiger partial charge on any atom is 0.212 e. The van der Waals surface area contributed by atoms with E-state index < -0.39 is 5.41 Å². The molecule has 0 aliphatic rings. The second-order valence-corrected chi connectivity index (χ2v) is 5.32. The summed E-state index contributed by atoms with van der Waals surface area (Å²) in [6.45, 7) is 3.73. The Morgan fingerprint density at radius 2 is 1.47 bits per heavy atom. The Balaban J connectivity index is 2.26. The van der Waals surface area contributed by atoms with Crippen molar-refractivity contribution in [2.45, 2.75) is 19.3 Å². The maximum absolute atomic E-state index is 10.7. The van der Waals surface area contributed by atoms with E-state index in [4.69, 9.17) is 0 Å². The summed E-state index contributed by atoms with van der Waals surface area (Å²) in [7, 11) is 0. The van der Waals surface area contributed by atoms with Gasteiger partial charge in [0.05, 0.1) is 5.41 Å². The number of hydrogen-bond donors (Lipinski definition) is 0. The molecule has 0 aromatic heterocycles. The van der Waals surface area contributed by atoms with Gasteiger partial charge in [0, 0.05) is 4.92 Å². The molecule has 2 rings (SSSR count). The normalized spacial score (nSPS) is 11.3. The van der Waals surface area contributed by atoms with Crippen molar-refractivity contribution >= 4 is 0 Å². The van der Waals surface area contributed by atoms with Crippen molar-refractivity contribution in [1.29, 1.82) is 0 Å². The molecule has 3 nitrogen and oxygen atoms in total. The molecule has 2 aromatic carbocycles. The summed E-state index contributed by atoms with van der Waals surface area (Å²) in [5.74, 6) is 0. The average molecular weight is 255 g/mol. The Bertz CT molecular complexity index is 559. The van der Waals surface area contributed by atoms with E-state index in [0.717, 1.165) is 16.7 Å². The van der Waals surface area contributed by atoms with Gasteiger partial charge in [-0.2, -0.15) is 0 Å². The van der Waals surface area contributed by atoms with Gasteiger partial charge in [-0.25, -0.2) is 0 Å². The van der Waals surface area contributed by atoms with Crippen LogP contribution in [-0.4, -0.2) is 11.5 Å². The second-order valence-electron chi connectivity index (χ2n) is 5.32. The van der Waals surface area contributed by atoms with Crippen molar-refractivity contribution in [1.82, 2.24) is 0 Å². The highest BCUT2D eigenvalue weighted by Crippen LogP contribution is 2.26. The molecule has 0 aliphatic heterocycles. The van der Waals surface area contributed by atoms with Crippen LogP contribution in [0.4, 0.5) is 0 Å². The van der Waals surface area contributed by atoms with Crippen molar-refractivity contribution in [3.8, 4) is 11.1 Å². The molecule has 0 atom stereocenters. The molecule has 98 valence electrons. The first kappa shape index (κ1) is 13.3. The Hall–Kier alpha value is -2.16. The Morgan fingerprint density at radius 1 is 0.947 bits per heavy atom. The number of hydrogen-bond acceptors (Lipinski definition) is 2. The third kappa shape index (κ3) is 3.19. The number of nitro groups is 1. The highest BCUT2D eigenvalue weighted by atomic mass is 16.6. The summed E-state index contributed by atoms with van der Waals surface area (Å²) in [5.41, 5.74) is 2.82. The smallest absolute Gasteiger partial charge is 0.212 e. The standard InChI is InChI=1S/C16H17NO2/c1-16(2,12-17(18)19)15-10-8-14(9-11-15)13-6-4-3-5-7-13/h3-11H,12H2,1-2H3. The van der Waals surface area contributed by atoms with Crippen molar-refractivity contribution in [2.24, 2.45) is 0 Å². The van der Waals surface area contributed by atoms with Gasteiger partial charge in [0.15, 0.2) is 0 Å². The van der Waals surface area contributed by atoms with Gasteiger partial charge in [0.2, 0.25) is 6.54 Å². The van der Waals surface area contributed by atoms with Crippen LogP contribution in [-0.2, 0) is 5.41 Å². The van der Waals surface area contributed by atoms with Crippen LogP contribution in [0.1, 0.15) is 19.4 Å². The number of rotatable bonds is 4. The quantitative estimate of drug-likeness (QED) is 0.614. The van der Waals surface area contributed by atoms with Crippen LogP contribution in [0.15, 0.2) is 54.6 Å². The van der Waals surface area contributed by atoms with Crippen molar-refractivity contribution in [3.05, 3.63) is 70.3 Å². The van der Waals surface area contributed by atoms with Gasteiger partial charge in [0.25, 0.3) is 0 Å². The van der Waals surface area contributed by atoms with E-state index >= 15 is 0 Å². The summed E-state index contributed by atoms with van der Waals surface area (Å²) < 4.78 is 0. The van der Waals surface area contributed by atoms with Crippen LogP contribution in [0.5, 0.6) is 0 Å². The Labute approximate surface area is 113 Å². The minimum Gasteiger partial charge on any atom is -0.265 e. The van der Waals surface area contributed by atoms with Crippen LogP contribution < -0.4 is 0 Å². The van der Waals surface area contributed by atoms with E-state index in [2.05, 4.69) is 12.1 Å². The molecule has 0 unspecified atom stereocenters. The first-order valence-electron chi connectivity index (χ1n) is 6.27. The highest BCUT2D eigenvalue weighted by Gasteiger charge is 2.26. The SMILES string of the molecule is CC(C)(C[N+](=O)[O-])c1ccc(-c2ccccc2)cc1. The van der Waals surface area contributed by atoms with Crippen LogP contribution in [0.25, 0.3) is 11.1 Å². The van der Waals surface area contributed by atoms with Gasteiger partial charge in [-0.1, -0.05) is 54.6 Å². The maximum atomic E-state index is 10.7. The van der Waals surface area contributed by atoms with E-state index in [0.29, 0.717) is 0 Å². The molecule has 0 saturated carbocycles. The van der Waals surface area contributed by atoms with Crippen molar-refractivity contribution < 1.29 is 4.92 Å². The van der Waals surface area contributed by atoms with Gasteiger partial charge in [-0.3, -0.25) is 10.1 Å². The van der Waals surface area contributed by atoms with Crippen LogP contribution in [0.2, 0.25) is 0 Å². The monoisotopic (exact) mass is 255 g/mol. The van der Waals surface area contributed by atoms with E-state index in [-0.39, 0.29) is 11.5 Å². The summed E-state index contributed by atoms with van der Waals surface area (Å²) in [4.78, 5) is 10.4. The summed E-state index contributed by atoms with van der Waals surface area (Å²) in [6.07, 6.45) is 0. The zero-order chi connectivity index (χ0) is 13.9. The molecule has 0 spiro atoms. The van der Waals surface area contributed by atoms with Gasteiger partial charge >= 0.3 is 0 Å². The van der Waals surface area contributed by atoms with Gasteiger partial charge < -0.3 is 0 Å². The third-order valence-electron chi connectivity index (χ3n) is 3.30. The summed E-state index contributed by atoms with van der Waals surface area (Å²) >= 11 is 0. The zero-order valence-corrected chi connectivity index (χ0v) is 11.2.